The van der Waals surface area contributed by atoms with E-state index in [0.717, 1.165) is 23.4 Å². The summed E-state index contributed by atoms with van der Waals surface area (Å²) in [7, 11) is 0. The van der Waals surface area contributed by atoms with Gasteiger partial charge in [-0.3, -0.25) is 4.79 Å². The zero-order chi connectivity index (χ0) is 21.5. The van der Waals surface area contributed by atoms with Gasteiger partial charge in [0.15, 0.2) is 5.58 Å². The molecule has 1 unspecified atom stereocenters. The number of nitrogens with zero attached hydrogens (tertiary/aromatic N) is 2. The Hall–Kier alpha value is -3.06. The van der Waals surface area contributed by atoms with Crippen LogP contribution in [0.4, 0.5) is 8.78 Å². The first kappa shape index (κ1) is 19.9. The fourth-order valence-corrected chi connectivity index (χ4v) is 4.43. The van der Waals surface area contributed by atoms with Crippen molar-refractivity contribution in [1.82, 2.24) is 9.88 Å². The van der Waals surface area contributed by atoms with Crippen LogP contribution in [0.3, 0.4) is 0 Å². The molecule has 4 aromatic rings. The maximum absolute atomic E-state index is 14.2. The molecule has 0 saturated carbocycles. The summed E-state index contributed by atoms with van der Waals surface area (Å²) in [6.07, 6.45) is 1.61. The lowest BCUT2D eigenvalue weighted by atomic mass is 10.0. The van der Waals surface area contributed by atoms with Crippen molar-refractivity contribution >= 4 is 32.9 Å². The van der Waals surface area contributed by atoms with Crippen molar-refractivity contribution in [1.29, 1.82) is 0 Å². The van der Waals surface area contributed by atoms with Crippen LogP contribution in [0.25, 0.3) is 22.2 Å². The van der Waals surface area contributed by atoms with Gasteiger partial charge in [0.05, 0.1) is 0 Å². The third kappa shape index (κ3) is 3.74. The minimum Gasteiger partial charge on any atom is -0.438 e. The van der Waals surface area contributed by atoms with E-state index in [2.05, 4.69) is 20.9 Å². The maximum atomic E-state index is 14.2. The molecule has 2 heterocycles. The first-order valence-electron chi connectivity index (χ1n) is 9.92. The van der Waals surface area contributed by atoms with Gasteiger partial charge >= 0.3 is 0 Å². The molecule has 5 rings (SSSR count). The maximum Gasteiger partial charge on any atom is 0.254 e. The minimum absolute atomic E-state index is 0.0693. The number of hydrogen-bond donors (Lipinski definition) is 0. The first-order chi connectivity index (χ1) is 15.0. The number of oxazole rings is 1. The van der Waals surface area contributed by atoms with Crippen LogP contribution in [0.15, 0.2) is 69.6 Å². The molecule has 3 aromatic carbocycles. The van der Waals surface area contributed by atoms with E-state index in [-0.39, 0.29) is 11.9 Å². The number of halogens is 3. The Labute approximate surface area is 185 Å². The van der Waals surface area contributed by atoms with E-state index in [1.807, 2.05) is 12.1 Å². The molecule has 0 radical (unpaired) electrons. The summed E-state index contributed by atoms with van der Waals surface area (Å²) >= 11 is 3.41. The third-order valence-corrected chi connectivity index (χ3v) is 6.01. The normalized spacial score (nSPS) is 16.2. The van der Waals surface area contributed by atoms with Crippen molar-refractivity contribution in [2.24, 2.45) is 0 Å². The summed E-state index contributed by atoms with van der Waals surface area (Å²) in [5.41, 5.74) is 2.60. The van der Waals surface area contributed by atoms with Gasteiger partial charge in [-0.1, -0.05) is 28.1 Å². The van der Waals surface area contributed by atoms with Gasteiger partial charge < -0.3 is 9.32 Å². The molecule has 0 bridgehead atoms. The molecule has 1 aliphatic rings. The van der Waals surface area contributed by atoms with Crippen molar-refractivity contribution in [2.45, 2.75) is 18.9 Å². The zero-order valence-electron chi connectivity index (χ0n) is 16.3. The zero-order valence-corrected chi connectivity index (χ0v) is 17.9. The number of hydrogen-bond acceptors (Lipinski definition) is 3. The second-order valence-corrected chi connectivity index (χ2v) is 8.44. The highest BCUT2D eigenvalue weighted by atomic mass is 79.9. The summed E-state index contributed by atoms with van der Waals surface area (Å²) in [6, 6.07) is 15.7. The van der Waals surface area contributed by atoms with Crippen LogP contribution >= 0.6 is 15.9 Å². The molecule has 1 aliphatic heterocycles. The van der Waals surface area contributed by atoms with E-state index in [4.69, 9.17) is 4.42 Å². The minimum atomic E-state index is -0.635. The van der Waals surface area contributed by atoms with Crippen LogP contribution < -0.4 is 0 Å². The number of benzene rings is 3. The van der Waals surface area contributed by atoms with E-state index < -0.39 is 11.6 Å². The molecule has 156 valence electrons. The van der Waals surface area contributed by atoms with Crippen molar-refractivity contribution in [3.05, 3.63) is 88.2 Å². The Morgan fingerprint density at radius 2 is 1.97 bits per heavy atom. The van der Waals surface area contributed by atoms with Crippen LogP contribution in [0.5, 0.6) is 0 Å². The van der Waals surface area contributed by atoms with E-state index in [1.165, 1.54) is 12.1 Å². The number of fused-ring (bicyclic) bond motifs is 1. The molecule has 1 atom stereocenters. The summed E-state index contributed by atoms with van der Waals surface area (Å²) < 4.78 is 34.2. The van der Waals surface area contributed by atoms with Crippen molar-refractivity contribution in [3.63, 3.8) is 0 Å². The Morgan fingerprint density at radius 3 is 2.77 bits per heavy atom. The molecule has 4 nitrogen and oxygen atoms in total. The predicted octanol–water partition coefficient (Wildman–Crippen LogP) is 6.51. The quantitative estimate of drug-likeness (QED) is 0.334. The molecule has 31 heavy (non-hydrogen) atoms. The number of carbonyl (C=O) groups is 1. The number of rotatable bonds is 3. The van der Waals surface area contributed by atoms with E-state index in [0.29, 0.717) is 40.2 Å². The Balaban J connectivity index is 1.47. The molecular weight excluding hydrogens is 466 g/mol. The lowest BCUT2D eigenvalue weighted by Gasteiger charge is -2.22. The molecule has 0 N–H and O–H groups in total. The van der Waals surface area contributed by atoms with Crippen molar-refractivity contribution in [3.8, 4) is 11.1 Å². The lowest BCUT2D eigenvalue weighted by molar-refractivity contribution is 0.0717. The fraction of sp³-hybridized carbons (Fsp3) is 0.167. The number of carbonyl (C=O) groups excluding carboxylic acids is 1. The summed E-state index contributed by atoms with van der Waals surface area (Å²) in [5.74, 6) is -0.861. The topological polar surface area (TPSA) is 46.3 Å². The Kier molecular flexibility index (Phi) is 5.06. The van der Waals surface area contributed by atoms with Crippen LogP contribution in [0.1, 0.15) is 35.1 Å². The average molecular weight is 483 g/mol. The SMILES string of the molecule is O=C(c1cccc(Br)c1)N1CCCC1c1nc2cc(-c3ccc(F)cc3F)ccc2o1. The van der Waals surface area contributed by atoms with Crippen LogP contribution in [0.2, 0.25) is 0 Å². The summed E-state index contributed by atoms with van der Waals surface area (Å²) in [6.45, 7) is 0.626. The van der Waals surface area contributed by atoms with Gasteiger partial charge in [-0.2, -0.15) is 0 Å². The molecule has 1 saturated heterocycles. The van der Waals surface area contributed by atoms with E-state index in [1.54, 1.807) is 35.2 Å². The highest BCUT2D eigenvalue weighted by Gasteiger charge is 2.34. The third-order valence-electron chi connectivity index (χ3n) is 5.52. The monoisotopic (exact) mass is 482 g/mol. The van der Waals surface area contributed by atoms with E-state index in [9.17, 15) is 13.6 Å². The van der Waals surface area contributed by atoms with Gasteiger partial charge in [0.25, 0.3) is 5.91 Å². The predicted molar refractivity (Wildman–Crippen MR) is 117 cm³/mol. The van der Waals surface area contributed by atoms with Gasteiger partial charge in [0.1, 0.15) is 23.2 Å². The smallest absolute Gasteiger partial charge is 0.254 e. The first-order valence-corrected chi connectivity index (χ1v) is 10.7. The molecule has 7 heteroatoms. The van der Waals surface area contributed by atoms with Gasteiger partial charge in [0.2, 0.25) is 5.89 Å². The van der Waals surface area contributed by atoms with Crippen molar-refractivity contribution in [2.75, 3.05) is 6.54 Å². The van der Waals surface area contributed by atoms with Gasteiger partial charge in [0, 0.05) is 28.2 Å². The molecule has 1 amide bonds. The van der Waals surface area contributed by atoms with E-state index >= 15 is 0 Å². The lowest BCUT2D eigenvalue weighted by Crippen LogP contribution is -2.30. The van der Waals surface area contributed by atoms with Crippen LogP contribution in [0, 0.1) is 11.6 Å². The fourth-order valence-electron chi connectivity index (χ4n) is 4.03. The Bertz CT molecular complexity index is 1300. The Morgan fingerprint density at radius 1 is 1.10 bits per heavy atom. The number of aromatic nitrogens is 1. The van der Waals surface area contributed by atoms with Gasteiger partial charge in [-0.25, -0.2) is 13.8 Å². The molecule has 0 aliphatic carbocycles. The molecule has 0 spiro atoms. The standard InChI is InChI=1S/C24H17BrF2N2O2/c25-16-4-1-3-15(11-16)24(30)29-10-2-5-21(29)23-28-20-12-14(6-9-22(20)31-23)18-8-7-17(26)13-19(18)27/h1,3-4,6-9,11-13,21H,2,5,10H2. The number of likely N-dealkylation sites (tertiary alicyclic amines) is 1. The van der Waals surface area contributed by atoms with Crippen LogP contribution in [-0.2, 0) is 0 Å². The second kappa shape index (κ2) is 7.89. The van der Waals surface area contributed by atoms with Crippen molar-refractivity contribution < 1.29 is 18.0 Å². The molecular formula is C24H17BrF2N2O2. The highest BCUT2D eigenvalue weighted by molar-refractivity contribution is 9.10. The molecule has 1 fully saturated rings. The average Bonchev–Trinajstić information content (AvgIpc) is 3.39. The van der Waals surface area contributed by atoms with Gasteiger partial charge in [-0.05, 0) is 60.9 Å². The summed E-state index contributed by atoms with van der Waals surface area (Å²) in [5, 5.41) is 0. The number of amides is 1. The van der Waals surface area contributed by atoms with Crippen LogP contribution in [-0.4, -0.2) is 22.3 Å². The van der Waals surface area contributed by atoms with Gasteiger partial charge in [-0.15, -0.1) is 0 Å². The highest BCUT2D eigenvalue weighted by Crippen LogP contribution is 2.35. The molecule has 1 aromatic heterocycles. The summed E-state index contributed by atoms with van der Waals surface area (Å²) in [4.78, 5) is 19.5. The second-order valence-electron chi connectivity index (χ2n) is 7.53. The largest absolute Gasteiger partial charge is 0.438 e.